The molecule has 450 valence electrons. The molecule has 0 aromatic carbocycles. The van der Waals surface area contributed by atoms with E-state index in [1.165, 1.54) is 109 Å². The topological polar surface area (TPSA) is 78.9 Å². The minimum atomic E-state index is -0.795. The van der Waals surface area contributed by atoms with Crippen molar-refractivity contribution >= 4 is 17.9 Å². The van der Waals surface area contributed by atoms with Crippen LogP contribution in [0.15, 0.2) is 122 Å². The van der Waals surface area contributed by atoms with Gasteiger partial charge in [0, 0.05) is 19.3 Å². The molecule has 0 radical (unpaired) electrons. The minimum Gasteiger partial charge on any atom is -0.462 e. The molecule has 0 bridgehead atoms. The third-order valence-corrected chi connectivity index (χ3v) is 13.9. The van der Waals surface area contributed by atoms with E-state index >= 15 is 0 Å². The summed E-state index contributed by atoms with van der Waals surface area (Å²) in [7, 11) is 0. The van der Waals surface area contributed by atoms with Gasteiger partial charge >= 0.3 is 17.9 Å². The summed E-state index contributed by atoms with van der Waals surface area (Å²) in [6.45, 7) is 6.35. The van der Waals surface area contributed by atoms with Crippen molar-refractivity contribution in [2.45, 2.75) is 309 Å². The smallest absolute Gasteiger partial charge is 0.306 e. The molecule has 79 heavy (non-hydrogen) atoms. The summed E-state index contributed by atoms with van der Waals surface area (Å²) in [5, 5.41) is 0. The predicted octanol–water partition coefficient (Wildman–Crippen LogP) is 22.8. The van der Waals surface area contributed by atoms with Gasteiger partial charge in [-0.05, 0) is 122 Å². The van der Waals surface area contributed by atoms with E-state index in [2.05, 4.69) is 142 Å². The van der Waals surface area contributed by atoms with Crippen molar-refractivity contribution in [2.24, 2.45) is 0 Å². The quantitative estimate of drug-likeness (QED) is 0.0261. The van der Waals surface area contributed by atoms with Crippen molar-refractivity contribution in [3.05, 3.63) is 122 Å². The van der Waals surface area contributed by atoms with Crippen LogP contribution in [0.5, 0.6) is 0 Å². The number of unbranched alkanes of at least 4 members (excludes halogenated alkanes) is 28. The molecule has 0 amide bonds. The Labute approximate surface area is 488 Å². The van der Waals surface area contributed by atoms with E-state index in [0.717, 1.165) is 154 Å². The number of allylic oxidation sites excluding steroid dienone is 20. The van der Waals surface area contributed by atoms with Crippen LogP contribution in [0.25, 0.3) is 0 Å². The normalized spacial score (nSPS) is 12.9. The lowest BCUT2D eigenvalue weighted by Gasteiger charge is -2.18. The molecule has 0 N–H and O–H groups in total. The van der Waals surface area contributed by atoms with Crippen LogP contribution in [0.3, 0.4) is 0 Å². The van der Waals surface area contributed by atoms with Crippen molar-refractivity contribution in [1.29, 1.82) is 0 Å². The zero-order chi connectivity index (χ0) is 57.1. The first-order valence-electron chi connectivity index (χ1n) is 33.0. The molecule has 1 unspecified atom stereocenters. The summed E-state index contributed by atoms with van der Waals surface area (Å²) >= 11 is 0. The fourth-order valence-corrected chi connectivity index (χ4v) is 9.05. The second-order valence-electron chi connectivity index (χ2n) is 21.6. The van der Waals surface area contributed by atoms with Gasteiger partial charge in [-0.3, -0.25) is 14.4 Å². The number of esters is 3. The first-order chi connectivity index (χ1) is 39.0. The molecule has 0 fully saturated rings. The van der Waals surface area contributed by atoms with E-state index in [4.69, 9.17) is 14.2 Å². The summed E-state index contributed by atoms with van der Waals surface area (Å²) in [5.74, 6) is -0.911. The Morgan fingerprint density at radius 3 is 0.772 bits per heavy atom. The first kappa shape index (κ1) is 74.8. The molecule has 6 heteroatoms. The van der Waals surface area contributed by atoms with E-state index in [1.807, 2.05) is 0 Å². The highest BCUT2D eigenvalue weighted by Crippen LogP contribution is 2.16. The molecule has 0 saturated carbocycles. The van der Waals surface area contributed by atoms with Crippen LogP contribution < -0.4 is 0 Å². The summed E-state index contributed by atoms with van der Waals surface area (Å²) in [6.07, 6.45) is 92.1. The zero-order valence-corrected chi connectivity index (χ0v) is 51.6. The Morgan fingerprint density at radius 1 is 0.266 bits per heavy atom. The number of hydrogen-bond acceptors (Lipinski definition) is 6. The number of rotatable bonds is 59. The highest BCUT2D eigenvalue weighted by Gasteiger charge is 2.19. The molecule has 0 aliphatic rings. The van der Waals surface area contributed by atoms with Gasteiger partial charge in [-0.2, -0.15) is 0 Å². The maximum atomic E-state index is 12.9. The Morgan fingerprint density at radius 2 is 0.494 bits per heavy atom. The monoisotopic (exact) mass is 1090 g/mol. The van der Waals surface area contributed by atoms with E-state index in [1.54, 1.807) is 0 Å². The number of carbonyl (C=O) groups excluding carboxylic acids is 3. The van der Waals surface area contributed by atoms with Gasteiger partial charge in [-0.1, -0.05) is 284 Å². The minimum absolute atomic E-state index is 0.0889. The second kappa shape index (κ2) is 66.3. The fraction of sp³-hybridized carbons (Fsp3) is 0.685. The Balaban J connectivity index is 4.28. The van der Waals surface area contributed by atoms with Gasteiger partial charge in [-0.25, -0.2) is 0 Å². The lowest BCUT2D eigenvalue weighted by Crippen LogP contribution is -2.30. The Hall–Kier alpha value is -4.19. The average molecular weight is 1100 g/mol. The summed E-state index contributed by atoms with van der Waals surface area (Å²) < 4.78 is 16.9. The van der Waals surface area contributed by atoms with Crippen LogP contribution in [0.1, 0.15) is 303 Å². The van der Waals surface area contributed by atoms with Crippen molar-refractivity contribution in [1.82, 2.24) is 0 Å². The van der Waals surface area contributed by atoms with Crippen LogP contribution in [-0.4, -0.2) is 37.2 Å². The highest BCUT2D eigenvalue weighted by atomic mass is 16.6. The average Bonchev–Trinajstić information content (AvgIpc) is 3.45. The van der Waals surface area contributed by atoms with Crippen LogP contribution in [0.2, 0.25) is 0 Å². The van der Waals surface area contributed by atoms with Gasteiger partial charge in [0.2, 0.25) is 0 Å². The van der Waals surface area contributed by atoms with Crippen LogP contribution in [-0.2, 0) is 28.6 Å². The maximum absolute atomic E-state index is 12.9. The summed E-state index contributed by atoms with van der Waals surface area (Å²) in [4.78, 5) is 38.3. The third-order valence-electron chi connectivity index (χ3n) is 13.9. The molecular weight excluding hydrogens is 973 g/mol. The molecule has 0 aliphatic heterocycles. The number of ether oxygens (including phenoxy) is 3. The van der Waals surface area contributed by atoms with Gasteiger partial charge in [0.15, 0.2) is 6.10 Å². The van der Waals surface area contributed by atoms with Gasteiger partial charge in [0.1, 0.15) is 13.2 Å². The molecule has 0 aromatic heterocycles. The van der Waals surface area contributed by atoms with E-state index in [9.17, 15) is 14.4 Å². The van der Waals surface area contributed by atoms with Crippen LogP contribution in [0.4, 0.5) is 0 Å². The molecule has 0 rings (SSSR count). The molecule has 0 heterocycles. The van der Waals surface area contributed by atoms with Gasteiger partial charge < -0.3 is 14.2 Å². The van der Waals surface area contributed by atoms with Gasteiger partial charge in [0.25, 0.3) is 0 Å². The SMILES string of the molecule is CC/C=C\C/C=C\C/C=C\C/C=C\CCCCCCCCCCCCCCCCCCC(=O)OCC(COC(=O)CCCCCCC/C=C\C/C=C\CCC)OC(=O)CCCCCCCC/C=C\C/C=C\C/C=C\C/C=C\CC. The number of carbonyl (C=O) groups is 3. The second-order valence-corrected chi connectivity index (χ2v) is 21.6. The largest absolute Gasteiger partial charge is 0.462 e. The number of hydrogen-bond donors (Lipinski definition) is 0. The molecule has 0 aromatic rings. The molecule has 0 spiro atoms. The van der Waals surface area contributed by atoms with Crippen molar-refractivity contribution in [3.8, 4) is 0 Å². The van der Waals surface area contributed by atoms with Crippen molar-refractivity contribution in [2.75, 3.05) is 13.2 Å². The molecule has 6 nitrogen and oxygen atoms in total. The maximum Gasteiger partial charge on any atom is 0.306 e. The van der Waals surface area contributed by atoms with Gasteiger partial charge in [-0.15, -0.1) is 0 Å². The van der Waals surface area contributed by atoms with E-state index in [-0.39, 0.29) is 31.1 Å². The Kier molecular flexibility index (Phi) is 62.8. The highest BCUT2D eigenvalue weighted by molar-refractivity contribution is 5.71. The van der Waals surface area contributed by atoms with E-state index < -0.39 is 6.10 Å². The lowest BCUT2D eigenvalue weighted by molar-refractivity contribution is -0.167. The van der Waals surface area contributed by atoms with Crippen molar-refractivity contribution < 1.29 is 28.6 Å². The van der Waals surface area contributed by atoms with Crippen LogP contribution in [0, 0.1) is 0 Å². The predicted molar refractivity (Wildman–Crippen MR) is 343 cm³/mol. The van der Waals surface area contributed by atoms with Gasteiger partial charge in [0.05, 0.1) is 0 Å². The molecule has 1 atom stereocenters. The molecule has 0 saturated heterocycles. The lowest BCUT2D eigenvalue weighted by atomic mass is 10.0. The van der Waals surface area contributed by atoms with Crippen molar-refractivity contribution in [3.63, 3.8) is 0 Å². The third kappa shape index (κ3) is 64.5. The van der Waals surface area contributed by atoms with E-state index in [0.29, 0.717) is 19.3 Å². The summed E-state index contributed by atoms with van der Waals surface area (Å²) in [5.41, 5.74) is 0. The summed E-state index contributed by atoms with van der Waals surface area (Å²) in [6, 6.07) is 0. The Bertz CT molecular complexity index is 1640. The first-order valence-corrected chi connectivity index (χ1v) is 33.0. The van der Waals surface area contributed by atoms with Crippen LogP contribution >= 0.6 is 0 Å². The fourth-order valence-electron chi connectivity index (χ4n) is 9.05. The molecular formula is C73H122O6. The standard InChI is InChI=1S/C73H122O6/c1-4-7-10-13-16-19-22-25-27-29-31-32-33-34-35-36-37-38-39-40-42-43-45-48-51-54-57-60-63-66-72(75)78-69-70(68-77-71(74)65-62-59-56-53-50-47-24-21-18-15-12-9-6-3)79-73(76)67-64-61-58-55-52-49-46-44-41-30-28-26-23-20-17-14-11-8-5-2/h7-8,10-12,15-17,19-21,24-28,31-32,41,44,70H,4-6,9,13-14,18,22-23,29-30,33-40,42-43,45-69H2,1-3H3/b10-7-,11-8-,15-12-,19-16-,20-17-,24-21-,27-25-,28-26-,32-31-,44-41-. The molecule has 0 aliphatic carbocycles. The zero-order valence-electron chi connectivity index (χ0n) is 51.6.